The Balaban J connectivity index is 1.95. The van der Waals surface area contributed by atoms with Crippen molar-refractivity contribution in [3.8, 4) is 0 Å². The van der Waals surface area contributed by atoms with Crippen LogP contribution in [-0.4, -0.2) is 30.3 Å². The Hall–Kier alpha value is -2.18. The molecule has 5 nitrogen and oxygen atoms in total. The minimum atomic E-state index is -0.479. The molecule has 126 valence electrons. The van der Waals surface area contributed by atoms with Crippen LogP contribution < -0.4 is 11.1 Å². The van der Waals surface area contributed by atoms with Crippen LogP contribution >= 0.6 is 11.3 Å². The summed E-state index contributed by atoms with van der Waals surface area (Å²) in [5.41, 5.74) is 9.68. The molecular weight excluding hydrogens is 322 g/mol. The quantitative estimate of drug-likeness (QED) is 0.900. The van der Waals surface area contributed by atoms with E-state index in [1.807, 2.05) is 39.1 Å². The van der Waals surface area contributed by atoms with Gasteiger partial charge in [-0.3, -0.25) is 9.59 Å². The van der Waals surface area contributed by atoms with E-state index in [1.165, 1.54) is 11.3 Å². The third-order valence-corrected chi connectivity index (χ3v) is 5.48. The molecule has 0 unspecified atom stereocenters. The lowest BCUT2D eigenvalue weighted by Crippen LogP contribution is -2.27. The van der Waals surface area contributed by atoms with Gasteiger partial charge in [-0.25, -0.2) is 0 Å². The Morgan fingerprint density at radius 2 is 2.04 bits per heavy atom. The average molecular weight is 343 g/mol. The van der Waals surface area contributed by atoms with Gasteiger partial charge in [-0.1, -0.05) is 17.7 Å². The van der Waals surface area contributed by atoms with E-state index in [2.05, 4.69) is 10.2 Å². The number of likely N-dealkylation sites (N-methyl/N-ethyl adjacent to an activating group) is 1. The number of aryl methyl sites for hydroxylation is 2. The Labute approximate surface area is 145 Å². The number of rotatable bonds is 3. The van der Waals surface area contributed by atoms with Crippen LogP contribution in [0.1, 0.15) is 42.3 Å². The Bertz CT molecular complexity index is 826. The number of carbonyl (C=O) groups is 2. The van der Waals surface area contributed by atoms with Crippen molar-refractivity contribution < 1.29 is 9.59 Å². The van der Waals surface area contributed by atoms with Crippen LogP contribution in [0.3, 0.4) is 0 Å². The summed E-state index contributed by atoms with van der Waals surface area (Å²) in [5, 5.41) is 3.46. The van der Waals surface area contributed by atoms with Gasteiger partial charge in [0.2, 0.25) is 0 Å². The fourth-order valence-electron chi connectivity index (χ4n) is 3.12. The first-order chi connectivity index (χ1) is 11.4. The van der Waals surface area contributed by atoms with Gasteiger partial charge < -0.3 is 16.0 Å². The number of fused-ring (bicyclic) bond motifs is 1. The van der Waals surface area contributed by atoms with E-state index in [9.17, 15) is 9.59 Å². The van der Waals surface area contributed by atoms with Crippen molar-refractivity contribution in [2.75, 3.05) is 18.9 Å². The Kier molecular flexibility index (Phi) is 4.43. The summed E-state index contributed by atoms with van der Waals surface area (Å²) in [6.45, 7) is 5.56. The summed E-state index contributed by atoms with van der Waals surface area (Å²) in [6, 6.07) is 5.69. The number of hydrogen-bond acceptors (Lipinski definition) is 4. The zero-order chi connectivity index (χ0) is 17.4. The topological polar surface area (TPSA) is 75.4 Å². The third kappa shape index (κ3) is 3.07. The van der Waals surface area contributed by atoms with E-state index in [0.29, 0.717) is 16.1 Å². The maximum atomic E-state index is 12.6. The predicted octanol–water partition coefficient (Wildman–Crippen LogP) is 2.70. The maximum absolute atomic E-state index is 12.6. The van der Waals surface area contributed by atoms with Crippen LogP contribution in [0.25, 0.3) is 0 Å². The number of nitrogens with one attached hydrogen (secondary N) is 1. The summed E-state index contributed by atoms with van der Waals surface area (Å²) >= 11 is 1.45. The second-order valence-electron chi connectivity index (χ2n) is 6.33. The highest BCUT2D eigenvalue weighted by atomic mass is 32.1. The van der Waals surface area contributed by atoms with Crippen LogP contribution in [0.5, 0.6) is 0 Å². The molecule has 0 bridgehead atoms. The monoisotopic (exact) mass is 343 g/mol. The van der Waals surface area contributed by atoms with Gasteiger partial charge >= 0.3 is 0 Å². The van der Waals surface area contributed by atoms with Gasteiger partial charge in [-0.15, -0.1) is 11.3 Å². The van der Waals surface area contributed by atoms with Gasteiger partial charge in [-0.2, -0.15) is 0 Å². The molecule has 1 aliphatic heterocycles. The summed E-state index contributed by atoms with van der Waals surface area (Å²) < 4.78 is 0. The third-order valence-electron chi connectivity index (χ3n) is 4.35. The number of carbonyl (C=O) groups excluding carboxylic acids is 2. The standard InChI is InChI=1S/C18H21N3O2S/c1-10-4-5-12(11(2)8-10)17(23)20-18-15(16(19)22)13-6-7-21(3)9-14(13)24-18/h4-5,8H,6-7,9H2,1-3H3,(H2,19,22)(H,20,23). The van der Waals surface area contributed by atoms with Gasteiger partial charge in [0, 0.05) is 23.5 Å². The van der Waals surface area contributed by atoms with Gasteiger partial charge in [0.15, 0.2) is 0 Å². The molecule has 2 amide bonds. The fraction of sp³-hybridized carbons (Fsp3) is 0.333. The molecule has 24 heavy (non-hydrogen) atoms. The highest BCUT2D eigenvalue weighted by Gasteiger charge is 2.26. The van der Waals surface area contributed by atoms with Crippen molar-refractivity contribution >= 4 is 28.2 Å². The van der Waals surface area contributed by atoms with Crippen LogP contribution in [0.2, 0.25) is 0 Å². The van der Waals surface area contributed by atoms with E-state index < -0.39 is 5.91 Å². The summed E-state index contributed by atoms with van der Waals surface area (Å²) in [4.78, 5) is 27.9. The smallest absolute Gasteiger partial charge is 0.256 e. The van der Waals surface area contributed by atoms with Crippen LogP contribution in [0.15, 0.2) is 18.2 Å². The number of thiophene rings is 1. The van der Waals surface area contributed by atoms with E-state index in [4.69, 9.17) is 5.73 Å². The largest absolute Gasteiger partial charge is 0.365 e. The molecule has 2 heterocycles. The highest BCUT2D eigenvalue weighted by Crippen LogP contribution is 2.36. The number of hydrogen-bond donors (Lipinski definition) is 2. The van der Waals surface area contributed by atoms with Gasteiger partial charge in [0.25, 0.3) is 11.8 Å². The normalized spacial score (nSPS) is 14.3. The number of nitrogens with two attached hydrogens (primary N) is 1. The molecule has 0 radical (unpaired) electrons. The van der Waals surface area contributed by atoms with Gasteiger partial charge in [0.05, 0.1) is 5.56 Å². The van der Waals surface area contributed by atoms with Crippen molar-refractivity contribution in [2.24, 2.45) is 5.73 Å². The first-order valence-corrected chi connectivity index (χ1v) is 8.70. The first-order valence-electron chi connectivity index (χ1n) is 7.88. The molecule has 3 N–H and O–H groups in total. The van der Waals surface area contributed by atoms with Gasteiger partial charge in [-0.05, 0) is 44.5 Å². The Morgan fingerprint density at radius 3 is 2.71 bits per heavy atom. The summed E-state index contributed by atoms with van der Waals surface area (Å²) in [5.74, 6) is -0.685. The summed E-state index contributed by atoms with van der Waals surface area (Å²) in [7, 11) is 2.04. The second-order valence-corrected chi connectivity index (χ2v) is 7.44. The zero-order valence-electron chi connectivity index (χ0n) is 14.1. The van der Waals surface area contributed by atoms with E-state index in [1.54, 1.807) is 0 Å². The molecule has 0 saturated carbocycles. The van der Waals surface area contributed by atoms with Gasteiger partial charge in [0.1, 0.15) is 5.00 Å². The van der Waals surface area contributed by atoms with Crippen molar-refractivity contribution in [3.05, 3.63) is 50.9 Å². The van der Waals surface area contributed by atoms with Crippen molar-refractivity contribution in [2.45, 2.75) is 26.8 Å². The lowest BCUT2D eigenvalue weighted by molar-refractivity contribution is 0.1000. The predicted molar refractivity (Wildman–Crippen MR) is 96.7 cm³/mol. The summed E-state index contributed by atoms with van der Waals surface area (Å²) in [6.07, 6.45) is 0.778. The fourth-order valence-corrected chi connectivity index (χ4v) is 4.45. The number of anilines is 1. The van der Waals surface area contributed by atoms with E-state index in [-0.39, 0.29) is 5.91 Å². The zero-order valence-corrected chi connectivity index (χ0v) is 14.9. The SMILES string of the molecule is Cc1ccc(C(=O)Nc2sc3c(c2C(N)=O)CCN(C)C3)c(C)c1. The lowest BCUT2D eigenvalue weighted by atomic mass is 10.0. The molecule has 0 fully saturated rings. The minimum absolute atomic E-state index is 0.207. The number of primary amides is 1. The molecule has 0 spiro atoms. The minimum Gasteiger partial charge on any atom is -0.365 e. The molecule has 3 rings (SSSR count). The molecule has 1 aromatic heterocycles. The van der Waals surface area contributed by atoms with Crippen LogP contribution in [-0.2, 0) is 13.0 Å². The van der Waals surface area contributed by atoms with Crippen LogP contribution in [0, 0.1) is 13.8 Å². The lowest BCUT2D eigenvalue weighted by Gasteiger charge is -2.22. The molecule has 2 aromatic rings. The molecule has 0 saturated heterocycles. The van der Waals surface area contributed by atoms with E-state index in [0.717, 1.165) is 41.1 Å². The van der Waals surface area contributed by atoms with Crippen molar-refractivity contribution in [1.29, 1.82) is 0 Å². The van der Waals surface area contributed by atoms with E-state index >= 15 is 0 Å². The molecule has 1 aromatic carbocycles. The van der Waals surface area contributed by atoms with Crippen molar-refractivity contribution in [1.82, 2.24) is 4.90 Å². The number of amides is 2. The molecular formula is C18H21N3O2S. The highest BCUT2D eigenvalue weighted by molar-refractivity contribution is 7.17. The average Bonchev–Trinajstić information content (AvgIpc) is 2.83. The van der Waals surface area contributed by atoms with Crippen molar-refractivity contribution in [3.63, 3.8) is 0 Å². The molecule has 1 aliphatic rings. The first kappa shape index (κ1) is 16.7. The maximum Gasteiger partial charge on any atom is 0.256 e. The van der Waals surface area contributed by atoms with Crippen LogP contribution in [0.4, 0.5) is 5.00 Å². The number of benzene rings is 1. The molecule has 0 atom stereocenters. The second kappa shape index (κ2) is 6.37. The Morgan fingerprint density at radius 1 is 1.29 bits per heavy atom. The molecule has 6 heteroatoms. The number of nitrogens with zero attached hydrogens (tertiary/aromatic N) is 1. The molecule has 0 aliphatic carbocycles.